The molecule has 1 aliphatic heterocycles. The Labute approximate surface area is 216 Å². The first-order valence-corrected chi connectivity index (χ1v) is 11.7. The number of ether oxygens (including phenoxy) is 4. The van der Waals surface area contributed by atoms with Gasteiger partial charge in [-0.2, -0.15) is 0 Å². The number of aromatic nitrogens is 1. The lowest BCUT2D eigenvalue weighted by atomic mass is 9.99. The van der Waals surface area contributed by atoms with Crippen LogP contribution < -0.4 is 4.74 Å². The molecule has 5 atom stereocenters. The van der Waals surface area contributed by atoms with Crippen molar-refractivity contribution in [1.82, 2.24) is 5.16 Å². The fourth-order valence-corrected chi connectivity index (χ4v) is 4.51. The number of esters is 1. The Morgan fingerprint density at radius 1 is 1.17 bits per heavy atom. The Morgan fingerprint density at radius 2 is 1.92 bits per heavy atom. The first kappa shape index (κ1) is 26.6. The van der Waals surface area contributed by atoms with Gasteiger partial charge in [0.05, 0.1) is 22.2 Å². The molecule has 0 amide bonds. The third-order valence-corrected chi connectivity index (χ3v) is 6.73. The van der Waals surface area contributed by atoms with Crippen molar-refractivity contribution < 1.29 is 43.6 Å². The number of benzene rings is 2. The van der Waals surface area contributed by atoms with Crippen LogP contribution in [0.2, 0.25) is 10.0 Å². The van der Waals surface area contributed by atoms with E-state index >= 15 is 0 Å². The van der Waals surface area contributed by atoms with E-state index in [4.69, 9.17) is 46.7 Å². The number of methoxy groups -OCH3 is 1. The number of nitrogens with zero attached hydrogens (tertiary/aromatic N) is 1. The maximum absolute atomic E-state index is 13.0. The Bertz CT molecular complexity index is 1260. The molecule has 1 saturated heterocycles. The van der Waals surface area contributed by atoms with Crippen LogP contribution in [0.1, 0.15) is 27.2 Å². The van der Waals surface area contributed by atoms with Gasteiger partial charge in [-0.3, -0.25) is 0 Å². The van der Waals surface area contributed by atoms with Crippen molar-refractivity contribution in [3.63, 3.8) is 0 Å². The SMILES string of the molecule is CO[C@H]1O[C@H](CO)[C@@H](O)[C@H](O)[C@H]1OC(=O)c1cc(Cl)c(OCc2noc3ccc(C)cc23)c(Cl)c1C. The summed E-state index contributed by atoms with van der Waals surface area (Å²) in [6.45, 7) is 2.98. The van der Waals surface area contributed by atoms with E-state index in [0.29, 0.717) is 16.8 Å². The van der Waals surface area contributed by atoms with Crippen molar-refractivity contribution in [3.05, 3.63) is 56.7 Å². The van der Waals surface area contributed by atoms with Crippen LogP contribution in [0.25, 0.3) is 11.0 Å². The van der Waals surface area contributed by atoms with Crippen molar-refractivity contribution in [3.8, 4) is 5.75 Å². The van der Waals surface area contributed by atoms with Crippen molar-refractivity contribution in [1.29, 1.82) is 0 Å². The molecule has 1 fully saturated rings. The number of fused-ring (bicyclic) bond motifs is 1. The van der Waals surface area contributed by atoms with Crippen molar-refractivity contribution in [2.24, 2.45) is 0 Å². The highest BCUT2D eigenvalue weighted by Gasteiger charge is 2.47. The zero-order valence-corrected chi connectivity index (χ0v) is 21.1. The highest BCUT2D eigenvalue weighted by Crippen LogP contribution is 2.39. The molecule has 0 bridgehead atoms. The number of hydrogen-bond acceptors (Lipinski definition) is 10. The van der Waals surface area contributed by atoms with E-state index in [0.717, 1.165) is 10.9 Å². The van der Waals surface area contributed by atoms with Crippen molar-refractivity contribution in [2.75, 3.05) is 13.7 Å². The normalized spacial score (nSPS) is 24.2. The summed E-state index contributed by atoms with van der Waals surface area (Å²) >= 11 is 12.9. The number of aliphatic hydroxyl groups is 3. The first-order valence-electron chi connectivity index (χ1n) is 11.0. The lowest BCUT2D eigenvalue weighted by molar-refractivity contribution is -0.293. The molecule has 0 spiro atoms. The highest BCUT2D eigenvalue weighted by atomic mass is 35.5. The summed E-state index contributed by atoms with van der Waals surface area (Å²) in [5, 5.41) is 34.9. The lowest BCUT2D eigenvalue weighted by Gasteiger charge is -2.40. The zero-order valence-electron chi connectivity index (χ0n) is 19.6. The quantitative estimate of drug-likeness (QED) is 0.382. The second-order valence-electron chi connectivity index (χ2n) is 8.40. The Morgan fingerprint density at radius 3 is 2.61 bits per heavy atom. The number of halogens is 2. The van der Waals surface area contributed by atoms with Crippen molar-refractivity contribution in [2.45, 2.75) is 51.2 Å². The van der Waals surface area contributed by atoms with Crippen LogP contribution in [0.15, 0.2) is 28.8 Å². The van der Waals surface area contributed by atoms with E-state index in [1.807, 2.05) is 25.1 Å². The fourth-order valence-electron chi connectivity index (χ4n) is 3.94. The van der Waals surface area contributed by atoms with Gasteiger partial charge in [0.1, 0.15) is 30.6 Å². The summed E-state index contributed by atoms with van der Waals surface area (Å²) in [5.41, 5.74) is 2.53. The highest BCUT2D eigenvalue weighted by molar-refractivity contribution is 6.38. The lowest BCUT2D eigenvalue weighted by Crippen LogP contribution is -2.60. The topological polar surface area (TPSA) is 141 Å². The molecule has 3 N–H and O–H groups in total. The van der Waals surface area contributed by atoms with Crippen LogP contribution in [0, 0.1) is 13.8 Å². The smallest absolute Gasteiger partial charge is 0.339 e. The van der Waals surface area contributed by atoms with E-state index in [9.17, 15) is 20.1 Å². The van der Waals surface area contributed by atoms with Crippen LogP contribution in [0.5, 0.6) is 5.75 Å². The van der Waals surface area contributed by atoms with E-state index in [1.54, 1.807) is 6.92 Å². The van der Waals surface area contributed by atoms with Crippen LogP contribution in [0.3, 0.4) is 0 Å². The number of carbonyl (C=O) groups is 1. The van der Waals surface area contributed by atoms with Gasteiger partial charge in [0, 0.05) is 12.5 Å². The number of rotatable bonds is 7. The standard InChI is InChI=1S/C24H25Cl2NO9/c1-10-4-5-16-13(6-10)15(27-36-16)9-33-21-14(25)7-12(11(2)18(21)26)23(31)35-22-20(30)19(29)17(8-28)34-24(22)32-3/h4-7,17,19-20,22,24,28-30H,8-9H2,1-3H3/t17-,19-,20+,22-,24+/m1/s1. The summed E-state index contributed by atoms with van der Waals surface area (Å²) < 4.78 is 27.1. The molecule has 1 aromatic heterocycles. The summed E-state index contributed by atoms with van der Waals surface area (Å²) in [5.74, 6) is -0.738. The van der Waals surface area contributed by atoms with Gasteiger partial charge in [-0.25, -0.2) is 4.79 Å². The molecule has 0 saturated carbocycles. The molecule has 1 aliphatic rings. The summed E-state index contributed by atoms with van der Waals surface area (Å²) in [6, 6.07) is 6.98. The number of carbonyl (C=O) groups excluding carboxylic acids is 1. The monoisotopic (exact) mass is 541 g/mol. The Balaban J connectivity index is 1.53. The van der Waals surface area contributed by atoms with Gasteiger partial charge in [0.25, 0.3) is 0 Å². The largest absolute Gasteiger partial charge is 0.484 e. The fraction of sp³-hybridized carbons (Fsp3) is 0.417. The van der Waals surface area contributed by atoms with Gasteiger partial charge in [-0.05, 0) is 37.6 Å². The third kappa shape index (κ3) is 5.03. The van der Waals surface area contributed by atoms with Gasteiger partial charge in [0.2, 0.25) is 0 Å². The molecular weight excluding hydrogens is 517 g/mol. The van der Waals surface area contributed by atoms with Gasteiger partial charge in [0.15, 0.2) is 23.7 Å². The van der Waals surface area contributed by atoms with Gasteiger partial charge in [-0.1, -0.05) is 40.0 Å². The maximum Gasteiger partial charge on any atom is 0.339 e. The number of hydrogen-bond donors (Lipinski definition) is 3. The van der Waals surface area contributed by atoms with Crippen molar-refractivity contribution >= 4 is 40.1 Å². The molecule has 0 radical (unpaired) electrons. The second-order valence-corrected chi connectivity index (χ2v) is 9.19. The third-order valence-electron chi connectivity index (χ3n) is 5.99. The van der Waals surface area contributed by atoms with E-state index in [1.165, 1.54) is 13.2 Å². The summed E-state index contributed by atoms with van der Waals surface area (Å²) in [7, 11) is 1.27. The molecule has 2 heterocycles. The molecule has 0 unspecified atom stereocenters. The maximum atomic E-state index is 13.0. The Kier molecular flexibility index (Phi) is 8.06. The van der Waals surface area contributed by atoms with Gasteiger partial charge >= 0.3 is 5.97 Å². The van der Waals surface area contributed by atoms with Crippen LogP contribution in [-0.2, 0) is 20.8 Å². The molecule has 194 valence electrons. The molecular formula is C24H25Cl2NO9. The van der Waals surface area contributed by atoms with Gasteiger partial charge < -0.3 is 38.8 Å². The molecule has 2 aromatic carbocycles. The molecule has 4 rings (SSSR count). The predicted octanol–water partition coefficient (Wildman–Crippen LogP) is 2.94. The minimum absolute atomic E-state index is 0.0145. The minimum Gasteiger partial charge on any atom is -0.484 e. The number of aryl methyl sites for hydroxylation is 1. The van der Waals surface area contributed by atoms with Gasteiger partial charge in [-0.15, -0.1) is 0 Å². The molecule has 3 aromatic rings. The van der Waals surface area contributed by atoms with E-state index in [-0.39, 0.29) is 28.0 Å². The average Bonchev–Trinajstić information content (AvgIpc) is 3.26. The number of aliphatic hydroxyl groups excluding tert-OH is 3. The summed E-state index contributed by atoms with van der Waals surface area (Å²) in [6.07, 6.45) is -6.77. The molecule has 10 nitrogen and oxygen atoms in total. The van der Waals surface area contributed by atoms with Crippen LogP contribution >= 0.6 is 23.2 Å². The molecule has 0 aliphatic carbocycles. The van der Waals surface area contributed by atoms with E-state index < -0.39 is 43.3 Å². The summed E-state index contributed by atoms with van der Waals surface area (Å²) in [4.78, 5) is 13.0. The minimum atomic E-state index is -1.57. The van der Waals surface area contributed by atoms with E-state index in [2.05, 4.69) is 5.16 Å². The average molecular weight is 542 g/mol. The first-order chi connectivity index (χ1) is 17.2. The van der Waals surface area contributed by atoms with Crippen LogP contribution in [0.4, 0.5) is 0 Å². The Hall–Kier alpha value is -2.44. The zero-order chi connectivity index (χ0) is 26.1. The predicted molar refractivity (Wildman–Crippen MR) is 128 cm³/mol. The van der Waals surface area contributed by atoms with Crippen LogP contribution in [-0.4, -0.2) is 70.9 Å². The molecule has 36 heavy (non-hydrogen) atoms. The molecule has 12 heteroatoms. The second kappa shape index (κ2) is 10.9.